The second-order valence-corrected chi connectivity index (χ2v) is 4.48. The fourth-order valence-electron chi connectivity index (χ4n) is 2.07. The fourth-order valence-corrected chi connectivity index (χ4v) is 2.07. The molecule has 2 aromatic carbocycles. The number of ether oxygens (including phenoxy) is 1. The highest BCUT2D eigenvalue weighted by molar-refractivity contribution is 6.14. The maximum Gasteiger partial charge on any atom is 0.231 e. The lowest BCUT2D eigenvalue weighted by Crippen LogP contribution is -1.98. The lowest BCUT2D eigenvalue weighted by Gasteiger charge is -2.01. The summed E-state index contributed by atoms with van der Waals surface area (Å²) in [5.41, 5.74) is 2.51. The Bertz CT molecular complexity index is 699. The standard InChI is InChI=1S/C16H12O3/c1-10-4-2-3-5-11(10)8-15-16(18)13-7-6-12(17)9-14(13)19-15/h2-9,17H,1H3. The molecule has 3 heteroatoms. The van der Waals surface area contributed by atoms with Crippen LogP contribution in [0.25, 0.3) is 6.08 Å². The second kappa shape index (κ2) is 4.28. The van der Waals surface area contributed by atoms with Crippen molar-refractivity contribution >= 4 is 11.9 Å². The average Bonchev–Trinajstić information content (AvgIpc) is 2.68. The van der Waals surface area contributed by atoms with Gasteiger partial charge in [-0.1, -0.05) is 24.3 Å². The van der Waals surface area contributed by atoms with Gasteiger partial charge in [0.1, 0.15) is 11.5 Å². The summed E-state index contributed by atoms with van der Waals surface area (Å²) in [6, 6.07) is 12.3. The van der Waals surface area contributed by atoms with Crippen LogP contribution >= 0.6 is 0 Å². The Labute approximate surface area is 110 Å². The number of benzene rings is 2. The van der Waals surface area contributed by atoms with E-state index < -0.39 is 0 Å². The summed E-state index contributed by atoms with van der Waals surface area (Å²) in [6.07, 6.45) is 1.73. The molecule has 0 aromatic heterocycles. The van der Waals surface area contributed by atoms with Crippen LogP contribution in [0.2, 0.25) is 0 Å². The number of phenols is 1. The van der Waals surface area contributed by atoms with E-state index in [1.807, 2.05) is 31.2 Å². The smallest absolute Gasteiger partial charge is 0.231 e. The maximum atomic E-state index is 12.1. The molecule has 0 fully saturated rings. The molecule has 0 saturated heterocycles. The van der Waals surface area contributed by atoms with Crippen LogP contribution in [-0.4, -0.2) is 10.9 Å². The molecular weight excluding hydrogens is 240 g/mol. The number of hydrogen-bond acceptors (Lipinski definition) is 3. The predicted octanol–water partition coefficient (Wildman–Crippen LogP) is 3.32. The molecule has 0 spiro atoms. The van der Waals surface area contributed by atoms with E-state index >= 15 is 0 Å². The number of ketones is 1. The van der Waals surface area contributed by atoms with Gasteiger partial charge in [-0.05, 0) is 36.3 Å². The fraction of sp³-hybridized carbons (Fsp3) is 0.0625. The SMILES string of the molecule is Cc1ccccc1C=C1Oc2cc(O)ccc2C1=O. The van der Waals surface area contributed by atoms with Crippen molar-refractivity contribution in [3.63, 3.8) is 0 Å². The molecule has 0 unspecified atom stereocenters. The van der Waals surface area contributed by atoms with Gasteiger partial charge in [0.05, 0.1) is 5.56 Å². The van der Waals surface area contributed by atoms with Gasteiger partial charge in [0.15, 0.2) is 5.76 Å². The van der Waals surface area contributed by atoms with Crippen LogP contribution in [0.4, 0.5) is 0 Å². The van der Waals surface area contributed by atoms with E-state index in [4.69, 9.17) is 4.74 Å². The van der Waals surface area contributed by atoms with E-state index in [-0.39, 0.29) is 17.3 Å². The molecule has 0 radical (unpaired) electrons. The molecule has 2 aromatic rings. The third kappa shape index (κ3) is 1.99. The first-order chi connectivity index (χ1) is 9.15. The van der Waals surface area contributed by atoms with Crippen molar-refractivity contribution in [2.45, 2.75) is 6.92 Å². The molecule has 0 atom stereocenters. The number of allylic oxidation sites excluding steroid dienone is 1. The van der Waals surface area contributed by atoms with Gasteiger partial charge in [-0.2, -0.15) is 0 Å². The first kappa shape index (κ1) is 11.5. The molecule has 3 nitrogen and oxygen atoms in total. The van der Waals surface area contributed by atoms with Crippen molar-refractivity contribution in [2.24, 2.45) is 0 Å². The zero-order valence-corrected chi connectivity index (χ0v) is 10.4. The molecule has 0 aliphatic carbocycles. The van der Waals surface area contributed by atoms with Crippen molar-refractivity contribution in [1.82, 2.24) is 0 Å². The van der Waals surface area contributed by atoms with Gasteiger partial charge in [-0.15, -0.1) is 0 Å². The Morgan fingerprint density at radius 1 is 1.16 bits per heavy atom. The molecular formula is C16H12O3. The van der Waals surface area contributed by atoms with Crippen LogP contribution in [0.15, 0.2) is 48.2 Å². The number of aromatic hydroxyl groups is 1. The number of Topliss-reactive ketones (excluding diaryl/α,β-unsaturated/α-hetero) is 1. The molecule has 1 aliphatic heterocycles. The Morgan fingerprint density at radius 2 is 1.95 bits per heavy atom. The van der Waals surface area contributed by atoms with E-state index in [9.17, 15) is 9.90 Å². The number of aryl methyl sites for hydroxylation is 1. The molecule has 94 valence electrons. The molecule has 1 N–H and O–H groups in total. The summed E-state index contributed by atoms with van der Waals surface area (Å²) in [7, 11) is 0. The summed E-state index contributed by atoms with van der Waals surface area (Å²) >= 11 is 0. The monoisotopic (exact) mass is 252 g/mol. The van der Waals surface area contributed by atoms with Crippen molar-refractivity contribution in [2.75, 3.05) is 0 Å². The van der Waals surface area contributed by atoms with E-state index in [2.05, 4.69) is 0 Å². The number of hydrogen-bond donors (Lipinski definition) is 1. The summed E-state index contributed by atoms with van der Waals surface area (Å²) in [5, 5.41) is 9.39. The largest absolute Gasteiger partial charge is 0.508 e. The summed E-state index contributed by atoms with van der Waals surface area (Å²) in [6.45, 7) is 1.98. The van der Waals surface area contributed by atoms with Crippen LogP contribution in [0, 0.1) is 6.92 Å². The molecule has 1 heterocycles. The number of rotatable bonds is 1. The maximum absolute atomic E-state index is 12.1. The van der Waals surface area contributed by atoms with Gasteiger partial charge < -0.3 is 9.84 Å². The molecule has 3 rings (SSSR count). The van der Waals surface area contributed by atoms with Gasteiger partial charge in [0, 0.05) is 6.07 Å². The van der Waals surface area contributed by atoms with Crippen LogP contribution < -0.4 is 4.74 Å². The summed E-state index contributed by atoms with van der Waals surface area (Å²) in [4.78, 5) is 12.1. The molecule has 0 saturated carbocycles. The first-order valence-electron chi connectivity index (χ1n) is 5.98. The average molecular weight is 252 g/mol. The number of carbonyl (C=O) groups is 1. The lowest BCUT2D eigenvalue weighted by atomic mass is 10.1. The van der Waals surface area contributed by atoms with Crippen molar-refractivity contribution < 1.29 is 14.6 Å². The molecule has 19 heavy (non-hydrogen) atoms. The van der Waals surface area contributed by atoms with Crippen LogP contribution in [0.1, 0.15) is 21.5 Å². The summed E-state index contributed by atoms with van der Waals surface area (Å²) in [5.74, 6) is 0.627. The van der Waals surface area contributed by atoms with Crippen LogP contribution in [-0.2, 0) is 0 Å². The topological polar surface area (TPSA) is 46.5 Å². The zero-order valence-electron chi connectivity index (χ0n) is 10.4. The van der Waals surface area contributed by atoms with Crippen molar-refractivity contribution in [1.29, 1.82) is 0 Å². The van der Waals surface area contributed by atoms with Gasteiger partial charge in [0.2, 0.25) is 5.78 Å². The van der Waals surface area contributed by atoms with Crippen LogP contribution in [0.5, 0.6) is 11.5 Å². The van der Waals surface area contributed by atoms with E-state index in [0.29, 0.717) is 11.3 Å². The van der Waals surface area contributed by atoms with Gasteiger partial charge in [0.25, 0.3) is 0 Å². The number of carbonyl (C=O) groups excluding carboxylic acids is 1. The highest BCUT2D eigenvalue weighted by Crippen LogP contribution is 2.34. The van der Waals surface area contributed by atoms with Crippen LogP contribution in [0.3, 0.4) is 0 Å². The minimum Gasteiger partial charge on any atom is -0.508 e. The Morgan fingerprint density at radius 3 is 2.74 bits per heavy atom. The minimum atomic E-state index is -0.154. The number of fused-ring (bicyclic) bond motifs is 1. The van der Waals surface area contributed by atoms with E-state index in [1.54, 1.807) is 12.1 Å². The molecule has 0 bridgehead atoms. The van der Waals surface area contributed by atoms with Gasteiger partial charge >= 0.3 is 0 Å². The quantitative estimate of drug-likeness (QED) is 0.792. The third-order valence-electron chi connectivity index (χ3n) is 3.13. The van der Waals surface area contributed by atoms with Gasteiger partial charge in [-0.3, -0.25) is 4.79 Å². The minimum absolute atomic E-state index is 0.0868. The van der Waals surface area contributed by atoms with Crippen molar-refractivity contribution in [3.05, 3.63) is 64.9 Å². The molecule has 0 amide bonds. The summed E-state index contributed by atoms with van der Waals surface area (Å²) < 4.78 is 5.51. The second-order valence-electron chi connectivity index (χ2n) is 4.48. The zero-order chi connectivity index (χ0) is 13.4. The first-order valence-corrected chi connectivity index (χ1v) is 5.98. The van der Waals surface area contributed by atoms with E-state index in [1.165, 1.54) is 12.1 Å². The Hall–Kier alpha value is -2.55. The number of phenolic OH excluding ortho intramolecular Hbond substituents is 1. The lowest BCUT2D eigenvalue weighted by molar-refractivity contribution is 0.101. The van der Waals surface area contributed by atoms with Crippen molar-refractivity contribution in [3.8, 4) is 11.5 Å². The Balaban J connectivity index is 2.02. The highest BCUT2D eigenvalue weighted by Gasteiger charge is 2.27. The highest BCUT2D eigenvalue weighted by atomic mass is 16.5. The van der Waals surface area contributed by atoms with Gasteiger partial charge in [-0.25, -0.2) is 0 Å². The normalized spacial score (nSPS) is 15.4. The predicted molar refractivity (Wildman–Crippen MR) is 72.2 cm³/mol. The van der Waals surface area contributed by atoms with E-state index in [0.717, 1.165) is 11.1 Å². The molecule has 1 aliphatic rings. The Kier molecular flexibility index (Phi) is 2.60. The third-order valence-corrected chi connectivity index (χ3v) is 3.13.